The lowest BCUT2D eigenvalue weighted by Gasteiger charge is -2.20. The van der Waals surface area contributed by atoms with E-state index in [9.17, 15) is 4.79 Å². The van der Waals surface area contributed by atoms with Crippen molar-refractivity contribution in [2.75, 3.05) is 25.6 Å². The molecule has 1 rings (SSSR count). The van der Waals surface area contributed by atoms with Crippen LogP contribution in [0, 0.1) is 5.92 Å². The predicted molar refractivity (Wildman–Crippen MR) is 61.3 cm³/mol. The summed E-state index contributed by atoms with van der Waals surface area (Å²) in [6.45, 7) is 0.853. The van der Waals surface area contributed by atoms with E-state index in [4.69, 9.17) is 5.73 Å². The highest BCUT2D eigenvalue weighted by atomic mass is 32.2. The Hall–Kier alpha value is -0.220. The highest BCUT2D eigenvalue weighted by Crippen LogP contribution is 2.25. The number of carbonyl (C=O) groups excluding carboxylic acids is 1. The summed E-state index contributed by atoms with van der Waals surface area (Å²) in [6.07, 6.45) is 4.92. The highest BCUT2D eigenvalue weighted by Gasteiger charge is 2.29. The maximum atomic E-state index is 11.9. The molecule has 4 heteroatoms. The number of nitrogens with two attached hydrogens (primary N) is 1. The molecule has 1 amide bonds. The second-order valence-corrected chi connectivity index (χ2v) is 5.01. The van der Waals surface area contributed by atoms with Crippen LogP contribution in [0.5, 0.6) is 0 Å². The molecule has 2 N–H and O–H groups in total. The molecule has 0 radical (unpaired) electrons. The molecule has 1 aliphatic carbocycles. The van der Waals surface area contributed by atoms with E-state index in [0.717, 1.165) is 31.6 Å². The zero-order valence-corrected chi connectivity index (χ0v) is 9.85. The second kappa shape index (κ2) is 5.61. The molecule has 82 valence electrons. The van der Waals surface area contributed by atoms with Gasteiger partial charge in [-0.25, -0.2) is 0 Å². The molecular weight excluding hydrogens is 196 g/mol. The summed E-state index contributed by atoms with van der Waals surface area (Å²) in [5.41, 5.74) is 5.79. The summed E-state index contributed by atoms with van der Waals surface area (Å²) in [4.78, 5) is 13.7. The Balaban J connectivity index is 2.32. The number of hydrogen-bond donors (Lipinski definition) is 1. The molecule has 1 saturated carbocycles. The molecule has 0 aromatic heterocycles. The molecule has 0 aliphatic heterocycles. The zero-order valence-electron chi connectivity index (χ0n) is 9.03. The van der Waals surface area contributed by atoms with Gasteiger partial charge in [0.2, 0.25) is 5.91 Å². The van der Waals surface area contributed by atoms with Crippen molar-refractivity contribution in [2.45, 2.75) is 25.3 Å². The first-order valence-electron chi connectivity index (χ1n) is 5.14. The normalized spacial score (nSPS) is 26.5. The van der Waals surface area contributed by atoms with Gasteiger partial charge in [0.25, 0.3) is 0 Å². The summed E-state index contributed by atoms with van der Waals surface area (Å²) < 4.78 is 0. The number of thioether (sulfide) groups is 1. The fraction of sp³-hybridized carbons (Fsp3) is 0.900. The van der Waals surface area contributed by atoms with Crippen LogP contribution in [0.1, 0.15) is 19.3 Å². The Labute approximate surface area is 90.4 Å². The van der Waals surface area contributed by atoms with Crippen molar-refractivity contribution in [3.8, 4) is 0 Å². The van der Waals surface area contributed by atoms with E-state index in [1.54, 1.807) is 11.8 Å². The molecule has 0 bridgehead atoms. The quantitative estimate of drug-likeness (QED) is 0.760. The number of nitrogens with zero attached hydrogens (tertiary/aromatic N) is 1. The minimum Gasteiger partial charge on any atom is -0.345 e. The largest absolute Gasteiger partial charge is 0.345 e. The Bertz CT molecular complexity index is 199. The molecule has 2 atom stereocenters. The van der Waals surface area contributed by atoms with Gasteiger partial charge < -0.3 is 10.6 Å². The third-order valence-corrected chi connectivity index (χ3v) is 3.42. The third kappa shape index (κ3) is 3.17. The third-order valence-electron chi connectivity index (χ3n) is 2.83. The van der Waals surface area contributed by atoms with E-state index in [2.05, 4.69) is 6.26 Å². The van der Waals surface area contributed by atoms with E-state index in [-0.39, 0.29) is 17.9 Å². The first kappa shape index (κ1) is 11.9. The van der Waals surface area contributed by atoms with Crippen LogP contribution in [0.15, 0.2) is 0 Å². The van der Waals surface area contributed by atoms with E-state index >= 15 is 0 Å². The molecule has 14 heavy (non-hydrogen) atoms. The maximum Gasteiger partial charge on any atom is 0.225 e. The van der Waals surface area contributed by atoms with Crippen molar-refractivity contribution in [3.05, 3.63) is 0 Å². The van der Waals surface area contributed by atoms with Gasteiger partial charge in [0.05, 0.1) is 0 Å². The van der Waals surface area contributed by atoms with Gasteiger partial charge in [0.15, 0.2) is 0 Å². The molecule has 0 aromatic rings. The molecule has 1 fully saturated rings. The average molecular weight is 216 g/mol. The Morgan fingerprint density at radius 1 is 1.57 bits per heavy atom. The highest BCUT2D eigenvalue weighted by molar-refractivity contribution is 7.98. The van der Waals surface area contributed by atoms with Crippen LogP contribution >= 0.6 is 11.8 Å². The fourth-order valence-electron chi connectivity index (χ4n) is 1.89. The summed E-state index contributed by atoms with van der Waals surface area (Å²) in [7, 11) is 1.89. The second-order valence-electron chi connectivity index (χ2n) is 4.02. The van der Waals surface area contributed by atoms with Gasteiger partial charge in [-0.2, -0.15) is 11.8 Å². The number of amides is 1. The predicted octanol–water partition coefficient (Wildman–Crippen LogP) is 0.935. The Morgan fingerprint density at radius 3 is 2.79 bits per heavy atom. The van der Waals surface area contributed by atoms with Crippen molar-refractivity contribution in [3.63, 3.8) is 0 Å². The van der Waals surface area contributed by atoms with Crippen LogP contribution in [0.2, 0.25) is 0 Å². The molecule has 0 heterocycles. The lowest BCUT2D eigenvalue weighted by Crippen LogP contribution is -2.34. The molecular formula is C10H20N2OS. The molecule has 0 spiro atoms. The summed E-state index contributed by atoms with van der Waals surface area (Å²) in [5, 5.41) is 0. The fourth-order valence-corrected chi connectivity index (χ4v) is 2.35. The lowest BCUT2D eigenvalue weighted by molar-refractivity contribution is -0.133. The molecule has 0 saturated heterocycles. The van der Waals surface area contributed by atoms with Crippen LogP contribution in [0.25, 0.3) is 0 Å². The average Bonchev–Trinajstić information content (AvgIpc) is 2.60. The van der Waals surface area contributed by atoms with Crippen molar-refractivity contribution >= 4 is 17.7 Å². The van der Waals surface area contributed by atoms with E-state index < -0.39 is 0 Å². The summed E-state index contributed by atoms with van der Waals surface area (Å²) >= 11 is 1.77. The summed E-state index contributed by atoms with van der Waals surface area (Å²) in [5.74, 6) is 1.49. The molecule has 1 aliphatic rings. The lowest BCUT2D eigenvalue weighted by atomic mass is 10.1. The van der Waals surface area contributed by atoms with E-state index in [1.807, 2.05) is 11.9 Å². The summed E-state index contributed by atoms with van der Waals surface area (Å²) in [6, 6.07) is 0.248. The van der Waals surface area contributed by atoms with Crippen molar-refractivity contribution in [1.29, 1.82) is 0 Å². The Kier molecular flexibility index (Phi) is 4.75. The molecule has 2 unspecified atom stereocenters. The van der Waals surface area contributed by atoms with Gasteiger partial charge in [-0.1, -0.05) is 0 Å². The monoisotopic (exact) mass is 216 g/mol. The van der Waals surface area contributed by atoms with Crippen LogP contribution in [-0.4, -0.2) is 42.4 Å². The number of rotatable bonds is 4. The van der Waals surface area contributed by atoms with Gasteiger partial charge in [0.1, 0.15) is 0 Å². The topological polar surface area (TPSA) is 46.3 Å². The van der Waals surface area contributed by atoms with Gasteiger partial charge in [-0.05, 0) is 25.5 Å². The van der Waals surface area contributed by atoms with Crippen molar-refractivity contribution in [2.24, 2.45) is 11.7 Å². The zero-order chi connectivity index (χ0) is 10.6. The SMILES string of the molecule is CSCCN(C)C(=O)C1CCC(N)C1. The van der Waals surface area contributed by atoms with Crippen molar-refractivity contribution < 1.29 is 4.79 Å². The first-order valence-corrected chi connectivity index (χ1v) is 6.54. The maximum absolute atomic E-state index is 11.9. The minimum absolute atomic E-state index is 0.192. The van der Waals surface area contributed by atoms with E-state index in [1.165, 1.54) is 0 Å². The van der Waals surface area contributed by atoms with Gasteiger partial charge in [-0.3, -0.25) is 4.79 Å². The number of carbonyl (C=O) groups is 1. The van der Waals surface area contributed by atoms with Crippen LogP contribution in [-0.2, 0) is 4.79 Å². The minimum atomic E-state index is 0.192. The smallest absolute Gasteiger partial charge is 0.225 e. The van der Waals surface area contributed by atoms with Gasteiger partial charge in [-0.15, -0.1) is 0 Å². The van der Waals surface area contributed by atoms with Crippen LogP contribution in [0.4, 0.5) is 0 Å². The first-order chi connectivity index (χ1) is 6.65. The standard InChI is InChI=1S/C10H20N2OS/c1-12(5-6-14-2)10(13)8-3-4-9(11)7-8/h8-9H,3-7,11H2,1-2H3. The van der Waals surface area contributed by atoms with Crippen LogP contribution in [0.3, 0.4) is 0 Å². The van der Waals surface area contributed by atoms with Gasteiger partial charge >= 0.3 is 0 Å². The molecule has 0 aromatic carbocycles. The Morgan fingerprint density at radius 2 is 2.29 bits per heavy atom. The van der Waals surface area contributed by atoms with Crippen molar-refractivity contribution in [1.82, 2.24) is 4.90 Å². The van der Waals surface area contributed by atoms with Crippen LogP contribution < -0.4 is 5.73 Å². The molecule has 3 nitrogen and oxygen atoms in total. The van der Waals surface area contributed by atoms with E-state index in [0.29, 0.717) is 0 Å². The van der Waals surface area contributed by atoms with Gasteiger partial charge in [0, 0.05) is 31.3 Å². The number of hydrogen-bond acceptors (Lipinski definition) is 3.